The maximum absolute atomic E-state index is 16.1. The van der Waals surface area contributed by atoms with Crippen molar-refractivity contribution in [2.75, 3.05) is 46.8 Å². The zero-order valence-corrected chi connectivity index (χ0v) is 67.2. The Kier molecular flexibility index (Phi) is 29.5. The second kappa shape index (κ2) is 36.2. The van der Waals surface area contributed by atoms with Crippen molar-refractivity contribution in [3.63, 3.8) is 0 Å². The number of aliphatic hydroxyl groups excluding tert-OH is 4. The quantitative estimate of drug-likeness (QED) is 0.0553. The fourth-order valence-corrected chi connectivity index (χ4v) is 19.4. The van der Waals surface area contributed by atoms with E-state index >= 15 is 4.39 Å². The van der Waals surface area contributed by atoms with Crippen molar-refractivity contribution < 1.29 is 107 Å². The number of esters is 1. The standard InChI is InChI=1S/C80H127FN8O21/c1-18-59-79(15,104)66(95)47(9)89(40-42(4)35-78(14,103)68(110-72-64(94)57(88(16)17)31-44(6)106-72)45(7)65(46(8)71(99)108-59)109-62-37-77(13,102)67(96)48(10)107-62)28-22-27-82-60(92)38-83-69(97)55(29-41(2)3)86-70(98)56(32-49-23-20-19-21-24-49)85-61(93)39-84-74(101)87-73(100)80(105)43(5)30-52-51-34-54(81)53-33-50(90)25-26-75(53,11)63(51)58(91)36-76(52,80)12/h19-21,23-26,33,41-48,51-52,54-59,62-68,72,91,94-96,102-105H,18,22,27-32,34-40H2,1-17H3,(H,82,92)(H,83,97)(H,85,93)(H,86,98)(H2,84,87,100,101)/t42?,43-,44?,45?,46?,47?,48?,51?,52?,54+,55?,56?,57?,58+,59?,62?,63?,64?,65?,66?,67?,68?,72?,75+,76+,77?,78?,79?,80+/m1/s1. The summed E-state index contributed by atoms with van der Waals surface area (Å²) < 4.78 is 48.1. The summed E-state index contributed by atoms with van der Waals surface area (Å²) in [7, 11) is 3.65. The van der Waals surface area contributed by atoms with E-state index in [4.69, 9.17) is 23.7 Å². The van der Waals surface area contributed by atoms with Crippen LogP contribution in [0.15, 0.2) is 54.1 Å². The summed E-state index contributed by atoms with van der Waals surface area (Å²) in [5.41, 5.74) is -9.18. The number of ether oxygens (including phenoxy) is 5. The van der Waals surface area contributed by atoms with E-state index in [1.807, 2.05) is 51.6 Å². The monoisotopic (exact) mass is 1550 g/mol. The molecule has 23 unspecified atom stereocenters. The van der Waals surface area contributed by atoms with Gasteiger partial charge < -0.3 is 96.0 Å². The molecule has 8 rings (SSSR count). The van der Waals surface area contributed by atoms with Crippen LogP contribution in [0.1, 0.15) is 167 Å². The maximum atomic E-state index is 16.1. The van der Waals surface area contributed by atoms with Gasteiger partial charge in [-0.25, -0.2) is 9.18 Å². The number of alkyl halides is 1. The molecular weight excluding hydrogens is 1430 g/mol. The van der Waals surface area contributed by atoms with Crippen LogP contribution in [0.4, 0.5) is 9.18 Å². The number of likely N-dealkylation sites (N-methyl/N-ethyl adjacent to an activating group) is 1. The van der Waals surface area contributed by atoms with Gasteiger partial charge in [0.25, 0.3) is 5.91 Å². The highest BCUT2D eigenvalue weighted by molar-refractivity contribution is 6.02. The van der Waals surface area contributed by atoms with Crippen molar-refractivity contribution in [3.05, 3.63) is 59.7 Å². The molecule has 1 aromatic rings. The lowest BCUT2D eigenvalue weighted by molar-refractivity contribution is -0.316. The summed E-state index contributed by atoms with van der Waals surface area (Å²) in [5, 5.41) is 111. The van der Waals surface area contributed by atoms with E-state index in [0.29, 0.717) is 17.6 Å². The highest BCUT2D eigenvalue weighted by atomic mass is 19.1. The Morgan fingerprint density at radius 3 is 2.07 bits per heavy atom. The van der Waals surface area contributed by atoms with E-state index in [0.717, 1.165) is 0 Å². The van der Waals surface area contributed by atoms with Crippen LogP contribution >= 0.6 is 0 Å². The van der Waals surface area contributed by atoms with Gasteiger partial charge in [0.1, 0.15) is 48.3 Å². The lowest BCUT2D eigenvalue weighted by atomic mass is 9.46. The molecule has 29 nitrogen and oxygen atoms in total. The number of nitrogens with one attached hydrogen (secondary N) is 6. The Morgan fingerprint density at radius 2 is 1.44 bits per heavy atom. The first-order valence-corrected chi connectivity index (χ1v) is 39.4. The number of allylic oxidation sites excluding steroid dienone is 4. The molecule has 3 heterocycles. The Balaban J connectivity index is 0.904. The third-order valence-corrected chi connectivity index (χ3v) is 25.3. The highest BCUT2D eigenvalue weighted by Crippen LogP contribution is 2.68. The highest BCUT2D eigenvalue weighted by Gasteiger charge is 2.72. The van der Waals surface area contributed by atoms with Crippen molar-refractivity contribution in [2.45, 2.75) is 288 Å². The number of aliphatic hydroxyl groups is 8. The average molecular weight is 1560 g/mol. The molecule has 620 valence electrons. The minimum Gasteiger partial charge on any atom is -0.459 e. The van der Waals surface area contributed by atoms with E-state index in [2.05, 4.69) is 31.9 Å². The van der Waals surface area contributed by atoms with E-state index < -0.39 is 221 Å². The normalized spacial score (nSPS) is 40.5. The van der Waals surface area contributed by atoms with E-state index in [1.165, 1.54) is 26.0 Å². The van der Waals surface area contributed by atoms with Crippen molar-refractivity contribution >= 4 is 47.3 Å². The van der Waals surface area contributed by atoms with Gasteiger partial charge >= 0.3 is 12.0 Å². The number of benzene rings is 1. The molecule has 4 aliphatic carbocycles. The fraction of sp³-hybridized carbons (Fsp3) is 0.775. The Morgan fingerprint density at radius 1 is 0.773 bits per heavy atom. The molecule has 14 N–H and O–H groups in total. The summed E-state index contributed by atoms with van der Waals surface area (Å²) in [6.07, 6.45) is -9.14. The Bertz CT molecular complexity index is 3460. The second-order valence-electron chi connectivity index (χ2n) is 34.8. The average Bonchev–Trinajstić information content (AvgIpc) is 1.48. The topological polar surface area (TPSA) is 423 Å². The number of halogens is 1. The van der Waals surface area contributed by atoms with Gasteiger partial charge in [-0.3, -0.25) is 43.8 Å². The van der Waals surface area contributed by atoms with Crippen LogP contribution in [0.25, 0.3) is 0 Å². The summed E-state index contributed by atoms with van der Waals surface area (Å²) in [4.78, 5) is 114. The number of fused-ring (bicyclic) bond motifs is 5. The molecule has 3 saturated carbocycles. The third-order valence-electron chi connectivity index (χ3n) is 25.3. The predicted molar refractivity (Wildman–Crippen MR) is 402 cm³/mol. The van der Waals surface area contributed by atoms with Crippen LogP contribution in [-0.2, 0) is 63.7 Å². The van der Waals surface area contributed by atoms with Crippen LogP contribution in [0.3, 0.4) is 0 Å². The first-order valence-electron chi connectivity index (χ1n) is 39.4. The molecule has 7 amide bonds. The molecule has 3 saturated heterocycles. The number of imide groups is 1. The first kappa shape index (κ1) is 89.6. The minimum atomic E-state index is -2.23. The number of amides is 7. The maximum Gasteiger partial charge on any atom is 0.321 e. The zero-order valence-electron chi connectivity index (χ0n) is 67.2. The van der Waals surface area contributed by atoms with Gasteiger partial charge in [0.15, 0.2) is 24.0 Å². The SMILES string of the molecule is CCC1OC(=O)C(C)C(OC2CC(C)(O)C(O)C(C)O2)C(C)C(OC2OC(C)CC(N(C)C)C2O)C(C)(O)CC(C)CN(CCCNC(=O)CNC(=O)C(CC(C)C)NC(=O)C(Cc2ccccc2)NC(=O)CNC(=O)NC(=O)[C@@]2(O)[C@H](C)CC3C4C[C@H](F)C5=CC(=O)C=C[C@]5(C)C4[C@@H](O)C[C@@]32C)C(C)C(O)C1(C)O. The van der Waals surface area contributed by atoms with Crippen molar-refractivity contribution in [1.82, 2.24) is 41.7 Å². The van der Waals surface area contributed by atoms with E-state index in [9.17, 15) is 79.2 Å². The largest absolute Gasteiger partial charge is 0.459 e. The molecular formula is C80H127FN8O21. The number of cyclic esters (lactones) is 1. The summed E-state index contributed by atoms with van der Waals surface area (Å²) in [6.45, 7) is 24.3. The smallest absolute Gasteiger partial charge is 0.321 e. The van der Waals surface area contributed by atoms with Gasteiger partial charge in [0, 0.05) is 67.2 Å². The van der Waals surface area contributed by atoms with Gasteiger partial charge in [-0.15, -0.1) is 0 Å². The molecule has 0 bridgehead atoms. The molecule has 3 aliphatic heterocycles. The molecule has 0 radical (unpaired) electrons. The van der Waals surface area contributed by atoms with Gasteiger partial charge in [-0.05, 0) is 167 Å². The lowest BCUT2D eigenvalue weighted by Gasteiger charge is -2.60. The molecule has 1 aromatic carbocycles. The van der Waals surface area contributed by atoms with Gasteiger partial charge in [-0.1, -0.05) is 91.8 Å². The summed E-state index contributed by atoms with van der Waals surface area (Å²) in [6, 6.07) is 3.71. The summed E-state index contributed by atoms with van der Waals surface area (Å²) in [5.74, 6) is -10.2. The number of hydrogen-bond acceptors (Lipinski definition) is 23. The van der Waals surface area contributed by atoms with Crippen LogP contribution < -0.4 is 31.9 Å². The Hall–Kier alpha value is -5.97. The molecule has 0 spiro atoms. The number of urea groups is 1. The molecule has 6 fully saturated rings. The van der Waals surface area contributed by atoms with Crippen LogP contribution in [-0.4, -0.2) is 265 Å². The fourth-order valence-electron chi connectivity index (χ4n) is 19.4. The number of rotatable bonds is 23. The number of nitrogens with zero attached hydrogens (tertiary/aromatic N) is 2. The van der Waals surface area contributed by atoms with Gasteiger partial charge in [0.2, 0.25) is 23.6 Å². The zero-order chi connectivity index (χ0) is 81.8. The summed E-state index contributed by atoms with van der Waals surface area (Å²) >= 11 is 0. The van der Waals surface area contributed by atoms with E-state index in [1.54, 1.807) is 98.7 Å². The Labute approximate surface area is 646 Å². The second-order valence-corrected chi connectivity index (χ2v) is 34.8. The van der Waals surface area contributed by atoms with Gasteiger partial charge in [0.05, 0.1) is 60.7 Å². The van der Waals surface area contributed by atoms with Crippen LogP contribution in [0, 0.1) is 58.2 Å². The molecule has 7 aliphatic rings. The third kappa shape index (κ3) is 19.9. The van der Waals surface area contributed by atoms with E-state index in [-0.39, 0.29) is 95.2 Å². The number of ketones is 1. The van der Waals surface area contributed by atoms with Crippen molar-refractivity contribution in [3.8, 4) is 0 Å². The number of carbonyl (C=O) groups excluding carboxylic acids is 8. The minimum absolute atomic E-state index is 0.00787. The molecule has 0 aromatic heterocycles. The van der Waals surface area contributed by atoms with Crippen LogP contribution in [0.2, 0.25) is 0 Å². The van der Waals surface area contributed by atoms with Gasteiger partial charge in [-0.2, -0.15) is 0 Å². The number of hydrogen-bond donors (Lipinski definition) is 14. The van der Waals surface area contributed by atoms with Crippen LogP contribution in [0.5, 0.6) is 0 Å². The number of carbonyl (C=O) groups is 8. The lowest BCUT2D eigenvalue weighted by Crippen LogP contribution is -2.65. The molecule has 30 heteroatoms. The molecule has 110 heavy (non-hydrogen) atoms. The predicted octanol–water partition coefficient (Wildman–Crippen LogP) is 2.53. The first-order chi connectivity index (χ1) is 51.2. The van der Waals surface area contributed by atoms with Crippen molar-refractivity contribution in [2.24, 2.45) is 58.2 Å². The van der Waals surface area contributed by atoms with Crippen molar-refractivity contribution in [1.29, 1.82) is 0 Å². The molecule has 29 atom stereocenters.